The quantitative estimate of drug-likeness (QED) is 0.251. The molecule has 178 valence electrons. The van der Waals surface area contributed by atoms with Crippen molar-refractivity contribution in [3.8, 4) is 5.75 Å². The van der Waals surface area contributed by atoms with E-state index in [0.717, 1.165) is 27.2 Å². The predicted molar refractivity (Wildman–Crippen MR) is 137 cm³/mol. The van der Waals surface area contributed by atoms with Gasteiger partial charge in [0.1, 0.15) is 16.5 Å². The summed E-state index contributed by atoms with van der Waals surface area (Å²) in [4.78, 5) is 39.4. The maximum absolute atomic E-state index is 13.0. The van der Waals surface area contributed by atoms with E-state index in [9.17, 15) is 14.4 Å². The second kappa shape index (κ2) is 9.56. The summed E-state index contributed by atoms with van der Waals surface area (Å²) < 4.78 is 5.47. The minimum Gasteiger partial charge on any atom is -0.423 e. The van der Waals surface area contributed by atoms with Crippen molar-refractivity contribution in [3.05, 3.63) is 98.2 Å². The zero-order valence-corrected chi connectivity index (χ0v) is 21.0. The number of ether oxygens (including phenoxy) is 1. The van der Waals surface area contributed by atoms with E-state index < -0.39 is 17.8 Å². The molecule has 1 aliphatic rings. The Kier molecular flexibility index (Phi) is 6.70. The predicted octanol–water partition coefficient (Wildman–Crippen LogP) is 6.23. The number of imide groups is 1. The second-order valence-electron chi connectivity index (χ2n) is 8.44. The molecule has 35 heavy (non-hydrogen) atoms. The van der Waals surface area contributed by atoms with Gasteiger partial charge in [-0.1, -0.05) is 29.3 Å². The van der Waals surface area contributed by atoms with Gasteiger partial charge < -0.3 is 10.1 Å². The molecule has 0 aromatic heterocycles. The van der Waals surface area contributed by atoms with Crippen molar-refractivity contribution < 1.29 is 19.1 Å². The number of benzene rings is 3. The molecule has 3 aromatic carbocycles. The van der Waals surface area contributed by atoms with Gasteiger partial charge >= 0.3 is 5.97 Å². The molecule has 6 nitrogen and oxygen atoms in total. The van der Waals surface area contributed by atoms with Crippen LogP contribution < -0.4 is 15.0 Å². The fraction of sp³-hybridized carbons (Fsp3) is 0.148. The van der Waals surface area contributed by atoms with Gasteiger partial charge in [-0.2, -0.15) is 0 Å². The molecule has 1 N–H and O–H groups in total. The molecule has 3 aromatic rings. The van der Waals surface area contributed by atoms with Crippen molar-refractivity contribution in [1.29, 1.82) is 0 Å². The van der Waals surface area contributed by atoms with Crippen molar-refractivity contribution >= 4 is 52.4 Å². The van der Waals surface area contributed by atoms with Gasteiger partial charge in [-0.3, -0.25) is 9.59 Å². The van der Waals surface area contributed by atoms with Gasteiger partial charge in [0.2, 0.25) is 0 Å². The summed E-state index contributed by atoms with van der Waals surface area (Å²) in [6.45, 7) is 7.45. The van der Waals surface area contributed by atoms with Gasteiger partial charge in [-0.25, -0.2) is 9.69 Å². The molecular weight excluding hydrogens is 487 g/mol. The van der Waals surface area contributed by atoms with Gasteiger partial charge in [0, 0.05) is 10.7 Å². The van der Waals surface area contributed by atoms with E-state index in [1.165, 1.54) is 0 Å². The number of amides is 2. The Balaban J connectivity index is 1.49. The average Bonchev–Trinajstić information content (AvgIpc) is 3.00. The lowest BCUT2D eigenvalue weighted by Crippen LogP contribution is -2.32. The zero-order chi connectivity index (χ0) is 25.4. The molecule has 4 rings (SSSR count). The molecule has 0 atom stereocenters. The second-order valence-corrected chi connectivity index (χ2v) is 9.20. The maximum Gasteiger partial charge on any atom is 0.343 e. The Bertz CT molecular complexity index is 1370. The van der Waals surface area contributed by atoms with Crippen molar-refractivity contribution in [2.45, 2.75) is 27.7 Å². The van der Waals surface area contributed by atoms with E-state index in [1.54, 1.807) is 48.5 Å². The van der Waals surface area contributed by atoms with E-state index in [1.807, 2.05) is 33.8 Å². The van der Waals surface area contributed by atoms with E-state index in [4.69, 9.17) is 27.9 Å². The fourth-order valence-corrected chi connectivity index (χ4v) is 4.21. The Hall–Kier alpha value is -3.61. The number of esters is 1. The molecule has 0 unspecified atom stereocenters. The summed E-state index contributed by atoms with van der Waals surface area (Å²) in [5.41, 5.74) is 4.68. The SMILES string of the molecule is Cc1cc(C)cc(N2C(=O)C(Cl)=C(Nc3ccc(C(=O)Oc4cc(C)c(Cl)c(C)c4)cc3)C2=O)c1. The average molecular weight is 509 g/mol. The fourth-order valence-electron chi connectivity index (χ4n) is 3.89. The van der Waals surface area contributed by atoms with Crippen LogP contribution in [0.4, 0.5) is 11.4 Å². The van der Waals surface area contributed by atoms with Crippen molar-refractivity contribution in [2.75, 3.05) is 10.2 Å². The van der Waals surface area contributed by atoms with E-state index >= 15 is 0 Å². The molecule has 2 amide bonds. The lowest BCUT2D eigenvalue weighted by atomic mass is 10.1. The highest BCUT2D eigenvalue weighted by molar-refractivity contribution is 6.53. The van der Waals surface area contributed by atoms with Crippen LogP contribution in [0.3, 0.4) is 0 Å². The van der Waals surface area contributed by atoms with Crippen LogP contribution in [0.15, 0.2) is 65.3 Å². The number of anilines is 2. The first-order chi connectivity index (χ1) is 16.5. The number of hydrogen-bond acceptors (Lipinski definition) is 5. The maximum atomic E-state index is 13.0. The highest BCUT2D eigenvalue weighted by atomic mass is 35.5. The smallest absolute Gasteiger partial charge is 0.343 e. The summed E-state index contributed by atoms with van der Waals surface area (Å²) in [7, 11) is 0. The molecule has 1 heterocycles. The van der Waals surface area contributed by atoms with Gasteiger partial charge in [-0.05, 0) is 98.5 Å². The van der Waals surface area contributed by atoms with Gasteiger partial charge in [-0.15, -0.1) is 0 Å². The first kappa shape index (κ1) is 24.5. The number of nitrogens with zero attached hydrogens (tertiary/aromatic N) is 1. The summed E-state index contributed by atoms with van der Waals surface area (Å²) in [5.74, 6) is -1.29. The molecule has 0 radical (unpaired) electrons. The van der Waals surface area contributed by atoms with Gasteiger partial charge in [0.05, 0.1) is 11.3 Å². The van der Waals surface area contributed by atoms with Crippen LogP contribution in [0.1, 0.15) is 32.6 Å². The monoisotopic (exact) mass is 508 g/mol. The third-order valence-corrected chi connectivity index (χ3v) is 6.45. The number of carbonyl (C=O) groups excluding carboxylic acids is 3. The van der Waals surface area contributed by atoms with Crippen LogP contribution in [0.5, 0.6) is 5.75 Å². The topological polar surface area (TPSA) is 75.7 Å². The van der Waals surface area contributed by atoms with E-state index in [-0.39, 0.29) is 10.7 Å². The van der Waals surface area contributed by atoms with Crippen molar-refractivity contribution in [3.63, 3.8) is 0 Å². The Morgan fingerprint density at radius 3 is 1.97 bits per heavy atom. The zero-order valence-electron chi connectivity index (χ0n) is 19.5. The number of nitrogens with one attached hydrogen (secondary N) is 1. The molecule has 0 saturated carbocycles. The molecule has 1 aliphatic heterocycles. The third kappa shape index (κ3) is 4.94. The number of aryl methyl sites for hydroxylation is 4. The number of carbonyl (C=O) groups is 3. The molecule has 8 heteroatoms. The van der Waals surface area contributed by atoms with Crippen molar-refractivity contribution in [1.82, 2.24) is 0 Å². The third-order valence-electron chi connectivity index (χ3n) is 5.50. The lowest BCUT2D eigenvalue weighted by molar-refractivity contribution is -0.120. The van der Waals surface area contributed by atoms with Gasteiger partial charge in [0.15, 0.2) is 0 Å². The first-order valence-electron chi connectivity index (χ1n) is 10.8. The standard InChI is InChI=1S/C27H22Cl2N2O4/c1-14-9-15(2)11-20(10-14)31-25(32)23(29)24(26(31)33)30-19-7-5-18(6-8-19)27(34)35-21-12-16(3)22(28)17(4)13-21/h5-13,30H,1-4H3. The molecular formula is C27H22Cl2N2O4. The molecule has 0 fully saturated rings. The lowest BCUT2D eigenvalue weighted by Gasteiger charge is -2.16. The van der Waals surface area contributed by atoms with Crippen molar-refractivity contribution in [2.24, 2.45) is 0 Å². The minimum absolute atomic E-state index is 0.0294. The normalized spacial score (nSPS) is 13.5. The van der Waals surface area contributed by atoms with Crippen LogP contribution in [0.2, 0.25) is 5.02 Å². The molecule has 0 bridgehead atoms. The first-order valence-corrected chi connectivity index (χ1v) is 11.5. The molecule has 0 saturated heterocycles. The minimum atomic E-state index is -0.599. The molecule has 0 aliphatic carbocycles. The van der Waals surface area contributed by atoms with Crippen LogP contribution >= 0.6 is 23.2 Å². The summed E-state index contributed by atoms with van der Waals surface area (Å²) in [5, 5.41) is 3.33. The van der Waals surface area contributed by atoms with Gasteiger partial charge in [0.25, 0.3) is 11.8 Å². The molecule has 0 spiro atoms. The summed E-state index contributed by atoms with van der Waals surface area (Å²) >= 11 is 12.4. The number of halogens is 2. The largest absolute Gasteiger partial charge is 0.423 e. The summed E-state index contributed by atoms with van der Waals surface area (Å²) in [6, 6.07) is 15.1. The van der Waals surface area contributed by atoms with Crippen LogP contribution in [-0.2, 0) is 9.59 Å². The highest BCUT2D eigenvalue weighted by Crippen LogP contribution is 2.31. The van der Waals surface area contributed by atoms with Crippen LogP contribution in [0, 0.1) is 27.7 Å². The highest BCUT2D eigenvalue weighted by Gasteiger charge is 2.39. The van der Waals surface area contributed by atoms with Crippen LogP contribution in [0.25, 0.3) is 0 Å². The van der Waals surface area contributed by atoms with E-state index in [0.29, 0.717) is 27.7 Å². The van der Waals surface area contributed by atoms with Crippen LogP contribution in [-0.4, -0.2) is 17.8 Å². The Morgan fingerprint density at radius 1 is 0.829 bits per heavy atom. The van der Waals surface area contributed by atoms with E-state index in [2.05, 4.69) is 5.32 Å². The number of rotatable bonds is 5. The Labute approximate surface area is 213 Å². The summed E-state index contributed by atoms with van der Waals surface area (Å²) in [6.07, 6.45) is 0. The Morgan fingerprint density at radius 2 is 1.40 bits per heavy atom. The number of hydrogen-bond donors (Lipinski definition) is 1.